The van der Waals surface area contributed by atoms with Gasteiger partial charge in [0, 0.05) is 63.7 Å². The van der Waals surface area contributed by atoms with E-state index in [4.69, 9.17) is 24.4 Å². The maximum atomic E-state index is 6.43. The molecule has 17 aromatic carbocycles. The van der Waals surface area contributed by atoms with Crippen molar-refractivity contribution < 1.29 is 4.42 Å². The van der Waals surface area contributed by atoms with Crippen molar-refractivity contribution >= 4 is 56.2 Å². The van der Waals surface area contributed by atoms with E-state index in [-0.39, 0.29) is 0 Å². The molecule has 0 N–H and O–H groups in total. The number of benzene rings is 17. The number of fused-ring (bicyclic) bond motifs is 22. The van der Waals surface area contributed by atoms with Gasteiger partial charge in [0.05, 0.1) is 33.6 Å². The predicted octanol–water partition coefficient (Wildman–Crippen LogP) is 28.6. The van der Waals surface area contributed by atoms with E-state index >= 15 is 0 Å². The lowest BCUT2D eigenvalue weighted by Crippen LogP contribution is -2.32. The van der Waals surface area contributed by atoms with Crippen LogP contribution in [-0.4, -0.2) is 19.9 Å². The first-order chi connectivity index (χ1) is 57.9. The van der Waals surface area contributed by atoms with Gasteiger partial charge in [0.25, 0.3) is 0 Å². The Labute approximate surface area is 685 Å². The summed E-state index contributed by atoms with van der Waals surface area (Å²) in [6, 6.07) is 147. The molecule has 2 aliphatic heterocycles. The molecule has 117 heavy (non-hydrogen) atoms. The second-order valence-electron chi connectivity index (χ2n) is 30.9. The minimum atomic E-state index is -0.685. The van der Waals surface area contributed by atoms with E-state index in [2.05, 4.69) is 382 Å². The van der Waals surface area contributed by atoms with E-state index in [0.29, 0.717) is 11.6 Å². The predicted molar refractivity (Wildman–Crippen MR) is 480 cm³/mol. The van der Waals surface area contributed by atoms with Crippen LogP contribution >= 0.6 is 23.5 Å². The molecule has 544 valence electrons. The first-order valence-electron chi connectivity index (χ1n) is 39.9. The molecule has 0 saturated carbocycles. The Balaban J connectivity index is 0.635. The van der Waals surface area contributed by atoms with Gasteiger partial charge in [0.15, 0.2) is 11.6 Å². The van der Waals surface area contributed by atoms with Gasteiger partial charge < -0.3 is 4.42 Å². The summed E-state index contributed by atoms with van der Waals surface area (Å²) in [5.74, 6) is 1.29. The molecule has 24 rings (SSSR count). The summed E-state index contributed by atoms with van der Waals surface area (Å²) in [5, 5.41) is 4.45. The van der Waals surface area contributed by atoms with Crippen LogP contribution in [0.15, 0.2) is 424 Å². The summed E-state index contributed by atoms with van der Waals surface area (Å²) in [4.78, 5) is 27.1. The van der Waals surface area contributed by atoms with Gasteiger partial charge in [-0.1, -0.05) is 333 Å². The van der Waals surface area contributed by atoms with Crippen LogP contribution in [0.3, 0.4) is 0 Å². The zero-order chi connectivity index (χ0) is 76.9. The maximum Gasteiger partial charge on any atom is 0.160 e. The second-order valence-corrected chi connectivity index (χ2v) is 33.1. The Bertz CT molecular complexity index is 7510. The van der Waals surface area contributed by atoms with Gasteiger partial charge in [-0.25, -0.2) is 19.9 Å². The molecule has 7 heteroatoms. The van der Waals surface area contributed by atoms with Gasteiger partial charge in [-0.15, -0.1) is 0 Å². The van der Waals surface area contributed by atoms with Crippen LogP contribution in [0.4, 0.5) is 0 Å². The van der Waals surface area contributed by atoms with Crippen molar-refractivity contribution in [1.29, 1.82) is 0 Å². The molecule has 0 fully saturated rings. The van der Waals surface area contributed by atoms with E-state index in [1.165, 1.54) is 97.5 Å². The summed E-state index contributed by atoms with van der Waals surface area (Å²) in [5.41, 5.74) is 33.9. The van der Waals surface area contributed by atoms with Gasteiger partial charge in [-0.2, -0.15) is 0 Å². The van der Waals surface area contributed by atoms with Crippen molar-refractivity contribution in [1.82, 2.24) is 19.9 Å². The topological polar surface area (TPSA) is 64.7 Å². The highest BCUT2D eigenvalue weighted by Crippen LogP contribution is 2.65. The van der Waals surface area contributed by atoms with Crippen LogP contribution in [0, 0.1) is 0 Å². The van der Waals surface area contributed by atoms with Gasteiger partial charge >= 0.3 is 0 Å². The Kier molecular flexibility index (Phi) is 15.3. The largest absolute Gasteiger partial charge is 0.456 e. The highest BCUT2D eigenvalue weighted by molar-refractivity contribution is 7.99. The summed E-state index contributed by atoms with van der Waals surface area (Å²) in [6.07, 6.45) is 0. The SMILES string of the molecule is c1ccc(-c2cc(-c3ccc4c(c3)oc3ccccc34)nc(-c3cccc(-c4ccc5c(c4)C4(c6ccccc6S5)c5ccccc5-c5ccc(-c6cccc(-c7cc(-c8ccc(-c9ccccc9)c9ccccc89)nc(-c8cccc(-c9ccc%10c(c9)C9(c%11ccccc%11S%10)c%10ccccc%10-c%10ccccc%109)c8)n7)c6)cc54)c3)n2)cc1. The van der Waals surface area contributed by atoms with Crippen molar-refractivity contribution in [3.05, 3.63) is 445 Å². The van der Waals surface area contributed by atoms with Gasteiger partial charge in [0.1, 0.15) is 11.2 Å². The summed E-state index contributed by atoms with van der Waals surface area (Å²) < 4.78 is 6.43. The molecule has 0 saturated heterocycles. The fourth-order valence-electron chi connectivity index (χ4n) is 19.5. The molecule has 0 amide bonds. The quantitative estimate of drug-likeness (QED) is 0.135. The summed E-state index contributed by atoms with van der Waals surface area (Å²) in [6.45, 7) is 0. The van der Waals surface area contributed by atoms with Crippen LogP contribution in [0.1, 0.15) is 44.5 Å². The van der Waals surface area contributed by atoms with Crippen molar-refractivity contribution in [3.63, 3.8) is 0 Å². The zero-order valence-electron chi connectivity index (χ0n) is 63.1. The number of aromatic nitrogens is 4. The molecule has 0 bridgehead atoms. The summed E-state index contributed by atoms with van der Waals surface area (Å²) in [7, 11) is 0. The monoisotopic (exact) mass is 1520 g/mol. The third-order valence-corrected chi connectivity index (χ3v) is 27.0. The molecule has 2 spiro atoms. The fraction of sp³-hybridized carbons (Fsp3) is 0.0182. The van der Waals surface area contributed by atoms with Crippen LogP contribution in [0.25, 0.3) is 167 Å². The van der Waals surface area contributed by atoms with Crippen molar-refractivity contribution in [2.45, 2.75) is 30.4 Å². The number of nitrogens with zero attached hydrogens (tertiary/aromatic N) is 4. The number of para-hydroxylation sites is 1. The van der Waals surface area contributed by atoms with E-state index in [1.807, 2.05) is 41.7 Å². The van der Waals surface area contributed by atoms with Crippen LogP contribution < -0.4 is 0 Å². The number of rotatable bonds is 10. The fourth-order valence-corrected chi connectivity index (χ4v) is 21.8. The molecule has 1 unspecified atom stereocenters. The van der Waals surface area contributed by atoms with E-state index in [1.54, 1.807) is 0 Å². The molecule has 20 aromatic rings. The molecular weight excluding hydrogens is 1460 g/mol. The van der Waals surface area contributed by atoms with Crippen molar-refractivity contribution in [3.8, 4) is 135 Å². The smallest absolute Gasteiger partial charge is 0.160 e. The summed E-state index contributed by atoms with van der Waals surface area (Å²) >= 11 is 3.73. The van der Waals surface area contributed by atoms with Gasteiger partial charge in [-0.05, 0) is 213 Å². The van der Waals surface area contributed by atoms with Gasteiger partial charge in [0.2, 0.25) is 0 Å². The van der Waals surface area contributed by atoms with E-state index < -0.39 is 10.8 Å². The Hall–Kier alpha value is -14.3. The van der Waals surface area contributed by atoms with Crippen LogP contribution in [0.2, 0.25) is 0 Å². The normalized spacial score (nSPS) is 14.2. The highest BCUT2D eigenvalue weighted by Gasteiger charge is 2.52. The molecule has 5 heterocycles. The van der Waals surface area contributed by atoms with Crippen molar-refractivity contribution in [2.75, 3.05) is 0 Å². The molecular formula is C110H66N4OS2. The number of furan rings is 1. The molecule has 3 aromatic heterocycles. The molecule has 4 aliphatic rings. The van der Waals surface area contributed by atoms with Crippen LogP contribution in [0.5, 0.6) is 0 Å². The standard InChI is InChI=1S/C110H66N4OS2/c1-3-24-67(25-4-1)79-54-55-86(81-35-8-7-34-80(79)81)100-66-99(113-108(114-100)78-33-23-30-71(60-78)73-50-56-105-95(62-73)109(92-43-16-19-46-103(92)116-105)89-40-13-9-36-82(89)83-37-10-14-41-90(83)109)75-31-21-28-69(58-75)72-48-52-85-84-38-11-15-42-91(84)110(94(85)61-72)93-44-17-20-47-104(93)117-106-57-51-74(63-96(106)110)70-29-22-32-77(59-70)107-111-97(68-26-5-2-6-27-68)65-98(112-107)76-49-53-88-87-39-12-18-45-101(87)115-102(88)64-76/h1-66H. The van der Waals surface area contributed by atoms with Crippen LogP contribution in [-0.2, 0) is 10.8 Å². The highest BCUT2D eigenvalue weighted by atomic mass is 32.2. The second kappa shape index (κ2) is 26.6. The number of hydrogen-bond donors (Lipinski definition) is 0. The molecule has 0 radical (unpaired) electrons. The van der Waals surface area contributed by atoms with E-state index in [0.717, 1.165) is 122 Å². The van der Waals surface area contributed by atoms with E-state index in [9.17, 15) is 0 Å². The minimum Gasteiger partial charge on any atom is -0.456 e. The lowest BCUT2D eigenvalue weighted by atomic mass is 9.66. The number of hydrogen-bond acceptors (Lipinski definition) is 7. The Morgan fingerprint density at radius 1 is 0.179 bits per heavy atom. The average molecular weight is 1520 g/mol. The molecule has 5 nitrogen and oxygen atoms in total. The first-order valence-corrected chi connectivity index (χ1v) is 41.5. The average Bonchev–Trinajstić information content (AvgIpc) is 1.54. The Morgan fingerprint density at radius 2 is 0.530 bits per heavy atom. The van der Waals surface area contributed by atoms with Gasteiger partial charge in [-0.3, -0.25) is 0 Å². The Morgan fingerprint density at radius 3 is 1.11 bits per heavy atom. The lowest BCUT2D eigenvalue weighted by Gasteiger charge is -2.40. The maximum absolute atomic E-state index is 6.43. The first kappa shape index (κ1) is 67.2. The molecule has 1 atom stereocenters. The zero-order valence-corrected chi connectivity index (χ0v) is 64.8. The molecule has 2 aliphatic carbocycles. The third-order valence-electron chi connectivity index (χ3n) is 24.7. The minimum absolute atomic E-state index is 0.507. The third kappa shape index (κ3) is 10.5. The lowest BCUT2D eigenvalue weighted by molar-refractivity contribution is 0.669. The van der Waals surface area contributed by atoms with Crippen molar-refractivity contribution in [2.24, 2.45) is 0 Å².